The molecule has 0 amide bonds. The van der Waals surface area contributed by atoms with Crippen LogP contribution in [0.3, 0.4) is 0 Å². The minimum Gasteiger partial charge on any atom is -0.374 e. The summed E-state index contributed by atoms with van der Waals surface area (Å²) in [6.45, 7) is 3.46. The summed E-state index contributed by atoms with van der Waals surface area (Å²) in [4.78, 5) is 0. The first-order valence-corrected chi connectivity index (χ1v) is 6.23. The summed E-state index contributed by atoms with van der Waals surface area (Å²) in [5.74, 6) is 1.97. The van der Waals surface area contributed by atoms with E-state index in [0.717, 1.165) is 11.8 Å². The molecule has 1 N–H and O–H groups in total. The van der Waals surface area contributed by atoms with Crippen LogP contribution in [0.5, 0.6) is 0 Å². The van der Waals surface area contributed by atoms with Gasteiger partial charge in [0, 0.05) is 12.6 Å². The molecule has 3 fully saturated rings. The second-order valence-electron chi connectivity index (χ2n) is 5.35. The Balaban J connectivity index is 1.57. The Bertz CT molecular complexity index is 212. The van der Waals surface area contributed by atoms with Gasteiger partial charge in [0.2, 0.25) is 0 Å². The van der Waals surface area contributed by atoms with Gasteiger partial charge in [-0.3, -0.25) is 0 Å². The molecule has 0 aromatic heterocycles. The van der Waals surface area contributed by atoms with Gasteiger partial charge in [-0.15, -0.1) is 0 Å². The fourth-order valence-electron chi connectivity index (χ4n) is 3.22. The van der Waals surface area contributed by atoms with Crippen LogP contribution in [-0.4, -0.2) is 24.8 Å². The molecule has 2 nitrogen and oxygen atoms in total. The fraction of sp³-hybridized carbons (Fsp3) is 1.00. The van der Waals surface area contributed by atoms with Gasteiger partial charge in [-0.1, -0.05) is 19.3 Å². The number of hydrogen-bond acceptors (Lipinski definition) is 2. The lowest BCUT2D eigenvalue weighted by Gasteiger charge is -2.48. The van der Waals surface area contributed by atoms with Crippen LogP contribution in [0.2, 0.25) is 0 Å². The smallest absolute Gasteiger partial charge is 0.0735 e. The molecular formula is C12H21NO. The van der Waals surface area contributed by atoms with E-state index in [2.05, 4.69) is 12.2 Å². The average molecular weight is 195 g/mol. The topological polar surface area (TPSA) is 21.3 Å². The summed E-state index contributed by atoms with van der Waals surface area (Å²) < 4.78 is 5.95. The molecule has 2 heteroatoms. The zero-order chi connectivity index (χ0) is 9.54. The van der Waals surface area contributed by atoms with E-state index in [0.29, 0.717) is 18.2 Å². The van der Waals surface area contributed by atoms with Gasteiger partial charge in [0.1, 0.15) is 0 Å². The molecule has 0 aromatic carbocycles. The van der Waals surface area contributed by atoms with Crippen LogP contribution in [0.1, 0.15) is 39.0 Å². The molecule has 2 aliphatic heterocycles. The predicted molar refractivity (Wildman–Crippen MR) is 56.2 cm³/mol. The highest BCUT2D eigenvalue weighted by Crippen LogP contribution is 2.41. The third-order valence-electron chi connectivity index (χ3n) is 4.47. The van der Waals surface area contributed by atoms with Gasteiger partial charge in [-0.25, -0.2) is 0 Å². The Kier molecular flexibility index (Phi) is 2.29. The second kappa shape index (κ2) is 3.49. The van der Waals surface area contributed by atoms with Crippen LogP contribution in [0, 0.1) is 11.8 Å². The molecule has 0 aromatic rings. The van der Waals surface area contributed by atoms with E-state index in [-0.39, 0.29) is 0 Å². The molecule has 4 unspecified atom stereocenters. The summed E-state index contributed by atoms with van der Waals surface area (Å²) in [6.07, 6.45) is 8.00. The molecule has 0 radical (unpaired) electrons. The third-order valence-corrected chi connectivity index (χ3v) is 4.47. The third kappa shape index (κ3) is 1.40. The van der Waals surface area contributed by atoms with Gasteiger partial charge in [-0.2, -0.15) is 0 Å². The number of ether oxygens (including phenoxy) is 1. The van der Waals surface area contributed by atoms with Crippen molar-refractivity contribution in [1.82, 2.24) is 5.32 Å². The summed E-state index contributed by atoms with van der Waals surface area (Å²) in [5, 5.41) is 3.58. The molecule has 80 valence electrons. The summed E-state index contributed by atoms with van der Waals surface area (Å²) in [5.41, 5.74) is 0. The number of hydrogen-bond donors (Lipinski definition) is 1. The molecule has 4 atom stereocenters. The fourth-order valence-corrected chi connectivity index (χ4v) is 3.22. The van der Waals surface area contributed by atoms with Crippen LogP contribution >= 0.6 is 0 Å². The molecule has 1 saturated carbocycles. The van der Waals surface area contributed by atoms with E-state index in [1.807, 2.05) is 0 Å². The van der Waals surface area contributed by atoms with Crippen LogP contribution in [0.4, 0.5) is 0 Å². The van der Waals surface area contributed by atoms with Crippen molar-refractivity contribution in [3.8, 4) is 0 Å². The van der Waals surface area contributed by atoms with E-state index >= 15 is 0 Å². The Hall–Kier alpha value is -0.0800. The van der Waals surface area contributed by atoms with Crippen molar-refractivity contribution in [2.24, 2.45) is 11.8 Å². The van der Waals surface area contributed by atoms with E-state index in [1.165, 1.54) is 38.6 Å². The van der Waals surface area contributed by atoms with Crippen molar-refractivity contribution in [2.75, 3.05) is 6.54 Å². The van der Waals surface area contributed by atoms with Crippen molar-refractivity contribution in [3.05, 3.63) is 0 Å². The minimum atomic E-state index is 0.504. The van der Waals surface area contributed by atoms with E-state index in [1.54, 1.807) is 0 Å². The maximum atomic E-state index is 5.95. The van der Waals surface area contributed by atoms with Crippen molar-refractivity contribution >= 4 is 0 Å². The Morgan fingerprint density at radius 3 is 2.43 bits per heavy atom. The first-order chi connectivity index (χ1) is 6.84. The molecule has 0 spiro atoms. The van der Waals surface area contributed by atoms with Gasteiger partial charge in [-0.05, 0) is 31.6 Å². The second-order valence-corrected chi connectivity index (χ2v) is 5.35. The zero-order valence-corrected chi connectivity index (χ0v) is 9.04. The molecule has 3 aliphatic rings. The Labute approximate surface area is 86.4 Å². The average Bonchev–Trinajstić information content (AvgIpc) is 2.41. The minimum absolute atomic E-state index is 0.504. The van der Waals surface area contributed by atoms with E-state index in [4.69, 9.17) is 4.74 Å². The summed E-state index contributed by atoms with van der Waals surface area (Å²) in [6, 6.07) is 0.699. The van der Waals surface area contributed by atoms with Crippen LogP contribution in [0.15, 0.2) is 0 Å². The molecule has 0 bridgehead atoms. The normalized spacial score (nSPS) is 48.6. The van der Waals surface area contributed by atoms with Crippen molar-refractivity contribution in [1.29, 1.82) is 0 Å². The lowest BCUT2D eigenvalue weighted by molar-refractivity contribution is -0.0318. The quantitative estimate of drug-likeness (QED) is 0.727. The standard InChI is InChI=1S/C12H21NO/c1-8-5-6-11(14-8)12-10(7-13-12)9-3-2-4-9/h8-13H,2-7H2,1H3. The predicted octanol–water partition coefficient (Wildman–Crippen LogP) is 1.94. The largest absolute Gasteiger partial charge is 0.374 e. The van der Waals surface area contributed by atoms with Crippen molar-refractivity contribution in [3.63, 3.8) is 0 Å². The molecular weight excluding hydrogens is 174 g/mol. The van der Waals surface area contributed by atoms with E-state index in [9.17, 15) is 0 Å². The molecule has 1 aliphatic carbocycles. The van der Waals surface area contributed by atoms with Gasteiger partial charge in [0.15, 0.2) is 0 Å². The highest BCUT2D eigenvalue weighted by Gasteiger charge is 2.44. The van der Waals surface area contributed by atoms with E-state index < -0.39 is 0 Å². The van der Waals surface area contributed by atoms with Crippen molar-refractivity contribution < 1.29 is 4.74 Å². The first-order valence-electron chi connectivity index (χ1n) is 6.23. The molecule has 2 saturated heterocycles. The highest BCUT2D eigenvalue weighted by molar-refractivity contribution is 5.00. The number of nitrogens with one attached hydrogen (secondary N) is 1. The monoisotopic (exact) mass is 195 g/mol. The maximum Gasteiger partial charge on any atom is 0.0735 e. The van der Waals surface area contributed by atoms with Crippen molar-refractivity contribution in [2.45, 2.75) is 57.3 Å². The number of rotatable bonds is 2. The molecule has 2 heterocycles. The SMILES string of the molecule is CC1CCC(C2NCC2C2CCC2)O1. The van der Waals surface area contributed by atoms with Gasteiger partial charge in [0.05, 0.1) is 12.2 Å². The maximum absolute atomic E-state index is 5.95. The molecule has 14 heavy (non-hydrogen) atoms. The van der Waals surface area contributed by atoms with Crippen LogP contribution in [-0.2, 0) is 4.74 Å². The molecule has 3 rings (SSSR count). The summed E-state index contributed by atoms with van der Waals surface area (Å²) in [7, 11) is 0. The zero-order valence-electron chi connectivity index (χ0n) is 9.04. The van der Waals surface area contributed by atoms with Crippen LogP contribution in [0.25, 0.3) is 0 Å². The van der Waals surface area contributed by atoms with Crippen LogP contribution < -0.4 is 5.32 Å². The lowest BCUT2D eigenvalue weighted by atomic mass is 9.68. The Morgan fingerprint density at radius 1 is 1.14 bits per heavy atom. The van der Waals surface area contributed by atoms with Gasteiger partial charge in [0.25, 0.3) is 0 Å². The highest BCUT2D eigenvalue weighted by atomic mass is 16.5. The Morgan fingerprint density at radius 2 is 2.00 bits per heavy atom. The first kappa shape index (κ1) is 9.17. The van der Waals surface area contributed by atoms with Gasteiger partial charge >= 0.3 is 0 Å². The summed E-state index contributed by atoms with van der Waals surface area (Å²) >= 11 is 0. The lowest BCUT2D eigenvalue weighted by Crippen LogP contribution is -2.62. The van der Waals surface area contributed by atoms with Gasteiger partial charge < -0.3 is 10.1 Å².